The normalized spacial score (nSPS) is 26.3. The van der Waals surface area contributed by atoms with Crippen molar-refractivity contribution >= 4 is 0 Å². The summed E-state index contributed by atoms with van der Waals surface area (Å²) in [7, 11) is 1.74. The Balaban J connectivity index is 2.17. The number of methoxy groups -OCH3 is 1. The van der Waals surface area contributed by atoms with Crippen molar-refractivity contribution in [2.24, 2.45) is 5.73 Å². The van der Waals surface area contributed by atoms with Gasteiger partial charge in [0.2, 0.25) is 0 Å². The summed E-state index contributed by atoms with van der Waals surface area (Å²) in [6.07, 6.45) is 3.50. The average Bonchev–Trinajstić information content (AvgIpc) is 2.93. The zero-order chi connectivity index (χ0) is 9.76. The van der Waals surface area contributed by atoms with Gasteiger partial charge in [-0.25, -0.2) is 0 Å². The van der Waals surface area contributed by atoms with Gasteiger partial charge in [-0.3, -0.25) is 0 Å². The molecule has 1 fully saturated rings. The molecule has 2 heteroatoms. The summed E-state index contributed by atoms with van der Waals surface area (Å²) in [5, 5.41) is 0. The van der Waals surface area contributed by atoms with E-state index in [1.165, 1.54) is 24.0 Å². The zero-order valence-electron chi connectivity index (χ0n) is 8.42. The molecule has 0 aliphatic heterocycles. The molecule has 2 aliphatic rings. The first-order chi connectivity index (χ1) is 6.78. The minimum absolute atomic E-state index is 0.314. The van der Waals surface area contributed by atoms with Gasteiger partial charge in [-0.15, -0.1) is 0 Å². The minimum atomic E-state index is 0.314. The van der Waals surface area contributed by atoms with Crippen molar-refractivity contribution in [2.75, 3.05) is 7.11 Å². The van der Waals surface area contributed by atoms with E-state index in [-0.39, 0.29) is 0 Å². The van der Waals surface area contributed by atoms with Gasteiger partial charge in [0.25, 0.3) is 0 Å². The summed E-state index contributed by atoms with van der Waals surface area (Å²) < 4.78 is 5.37. The fraction of sp³-hybridized carbons (Fsp3) is 0.500. The first kappa shape index (κ1) is 8.30. The van der Waals surface area contributed by atoms with Gasteiger partial charge in [0.05, 0.1) is 7.11 Å². The molecule has 0 bridgehead atoms. The van der Waals surface area contributed by atoms with Gasteiger partial charge < -0.3 is 10.5 Å². The van der Waals surface area contributed by atoms with E-state index in [1.54, 1.807) is 7.11 Å². The average molecular weight is 189 g/mol. The third-order valence-corrected chi connectivity index (χ3v) is 3.81. The standard InChI is InChI=1S/C12H15NO/c1-14-10-4-2-3-9-8(10)7-11(13)12(9)5-6-12/h2-4,11H,5-7,13H2,1H3. The SMILES string of the molecule is COc1cccc2c1CC(N)C21CC1. The smallest absolute Gasteiger partial charge is 0.122 e. The lowest BCUT2D eigenvalue weighted by Gasteiger charge is -2.13. The van der Waals surface area contributed by atoms with E-state index in [2.05, 4.69) is 12.1 Å². The summed E-state index contributed by atoms with van der Waals surface area (Å²) in [5.74, 6) is 1.02. The van der Waals surface area contributed by atoms with Crippen LogP contribution in [0.15, 0.2) is 18.2 Å². The van der Waals surface area contributed by atoms with Crippen LogP contribution in [-0.4, -0.2) is 13.2 Å². The number of hydrogen-bond acceptors (Lipinski definition) is 2. The molecule has 1 spiro atoms. The van der Waals surface area contributed by atoms with Gasteiger partial charge in [-0.2, -0.15) is 0 Å². The lowest BCUT2D eigenvalue weighted by Crippen LogP contribution is -2.30. The van der Waals surface area contributed by atoms with Crippen LogP contribution in [0, 0.1) is 0 Å². The lowest BCUT2D eigenvalue weighted by atomic mass is 9.95. The van der Waals surface area contributed by atoms with Crippen molar-refractivity contribution < 1.29 is 4.74 Å². The fourth-order valence-corrected chi connectivity index (χ4v) is 2.82. The highest BCUT2D eigenvalue weighted by Crippen LogP contribution is 2.57. The molecule has 1 aromatic rings. The second-order valence-electron chi connectivity index (χ2n) is 4.45. The molecule has 0 radical (unpaired) electrons. The molecule has 0 heterocycles. The number of hydrogen-bond donors (Lipinski definition) is 1. The molecule has 2 N–H and O–H groups in total. The second-order valence-corrected chi connectivity index (χ2v) is 4.45. The molecule has 2 aliphatic carbocycles. The number of ether oxygens (including phenoxy) is 1. The highest BCUT2D eigenvalue weighted by molar-refractivity contribution is 5.52. The van der Waals surface area contributed by atoms with Crippen LogP contribution >= 0.6 is 0 Å². The highest BCUT2D eigenvalue weighted by atomic mass is 16.5. The molecule has 1 saturated carbocycles. The molecular formula is C12H15NO. The Kier molecular flexibility index (Phi) is 1.49. The summed E-state index contributed by atoms with van der Waals surface area (Å²) >= 11 is 0. The maximum Gasteiger partial charge on any atom is 0.122 e. The van der Waals surface area contributed by atoms with Gasteiger partial charge >= 0.3 is 0 Å². The van der Waals surface area contributed by atoms with Crippen molar-refractivity contribution in [1.29, 1.82) is 0 Å². The number of nitrogens with two attached hydrogens (primary N) is 1. The van der Waals surface area contributed by atoms with E-state index in [4.69, 9.17) is 10.5 Å². The van der Waals surface area contributed by atoms with Crippen LogP contribution in [-0.2, 0) is 11.8 Å². The predicted molar refractivity (Wildman–Crippen MR) is 55.6 cm³/mol. The van der Waals surface area contributed by atoms with Crippen LogP contribution in [0.2, 0.25) is 0 Å². The van der Waals surface area contributed by atoms with E-state index in [9.17, 15) is 0 Å². The summed E-state index contributed by atoms with van der Waals surface area (Å²) in [5.41, 5.74) is 9.31. The monoisotopic (exact) mass is 189 g/mol. The van der Waals surface area contributed by atoms with Crippen LogP contribution in [0.4, 0.5) is 0 Å². The minimum Gasteiger partial charge on any atom is -0.496 e. The molecule has 2 nitrogen and oxygen atoms in total. The van der Waals surface area contributed by atoms with Crippen LogP contribution < -0.4 is 10.5 Å². The first-order valence-corrected chi connectivity index (χ1v) is 5.20. The topological polar surface area (TPSA) is 35.2 Å². The van der Waals surface area contributed by atoms with Crippen LogP contribution in [0.25, 0.3) is 0 Å². The zero-order valence-corrected chi connectivity index (χ0v) is 8.42. The van der Waals surface area contributed by atoms with E-state index >= 15 is 0 Å². The maximum absolute atomic E-state index is 6.19. The van der Waals surface area contributed by atoms with Gasteiger partial charge in [0.1, 0.15) is 5.75 Å². The van der Waals surface area contributed by atoms with Crippen molar-refractivity contribution in [3.63, 3.8) is 0 Å². The van der Waals surface area contributed by atoms with Crippen molar-refractivity contribution in [3.8, 4) is 5.75 Å². The molecule has 1 aromatic carbocycles. The lowest BCUT2D eigenvalue weighted by molar-refractivity contribution is 0.410. The Morgan fingerprint density at radius 3 is 2.86 bits per heavy atom. The van der Waals surface area contributed by atoms with E-state index < -0.39 is 0 Å². The third-order valence-electron chi connectivity index (χ3n) is 3.81. The van der Waals surface area contributed by atoms with Gasteiger partial charge in [0, 0.05) is 11.5 Å². The van der Waals surface area contributed by atoms with Gasteiger partial charge in [-0.1, -0.05) is 12.1 Å². The Bertz CT molecular complexity index is 382. The molecule has 1 atom stereocenters. The van der Waals surface area contributed by atoms with Crippen LogP contribution in [0.3, 0.4) is 0 Å². The van der Waals surface area contributed by atoms with Gasteiger partial charge in [-0.05, 0) is 36.5 Å². The Labute approximate surface area is 84.1 Å². The maximum atomic E-state index is 6.19. The summed E-state index contributed by atoms with van der Waals surface area (Å²) in [6.45, 7) is 0. The largest absolute Gasteiger partial charge is 0.496 e. The van der Waals surface area contributed by atoms with Crippen molar-refractivity contribution in [1.82, 2.24) is 0 Å². The Morgan fingerprint density at radius 2 is 2.21 bits per heavy atom. The molecule has 0 amide bonds. The Morgan fingerprint density at radius 1 is 1.43 bits per heavy atom. The Hall–Kier alpha value is -1.02. The van der Waals surface area contributed by atoms with Crippen molar-refractivity contribution in [2.45, 2.75) is 30.7 Å². The van der Waals surface area contributed by atoms with E-state index in [0.717, 1.165) is 12.2 Å². The molecule has 14 heavy (non-hydrogen) atoms. The summed E-state index contributed by atoms with van der Waals surface area (Å²) in [6, 6.07) is 6.65. The quantitative estimate of drug-likeness (QED) is 0.728. The van der Waals surface area contributed by atoms with Crippen molar-refractivity contribution in [3.05, 3.63) is 29.3 Å². The molecular weight excluding hydrogens is 174 g/mol. The predicted octanol–water partition coefficient (Wildman–Crippen LogP) is 1.61. The van der Waals surface area contributed by atoms with E-state index in [0.29, 0.717) is 11.5 Å². The number of fused-ring (bicyclic) bond motifs is 2. The molecule has 0 saturated heterocycles. The fourth-order valence-electron chi connectivity index (χ4n) is 2.82. The molecule has 3 rings (SSSR count). The number of benzene rings is 1. The van der Waals surface area contributed by atoms with Gasteiger partial charge in [0.15, 0.2) is 0 Å². The third kappa shape index (κ3) is 0.845. The highest BCUT2D eigenvalue weighted by Gasteiger charge is 2.54. The molecule has 0 aromatic heterocycles. The van der Waals surface area contributed by atoms with Crippen LogP contribution in [0.1, 0.15) is 24.0 Å². The summed E-state index contributed by atoms with van der Waals surface area (Å²) in [4.78, 5) is 0. The molecule has 1 unspecified atom stereocenters. The number of rotatable bonds is 1. The second kappa shape index (κ2) is 2.51. The van der Waals surface area contributed by atoms with Crippen LogP contribution in [0.5, 0.6) is 5.75 Å². The first-order valence-electron chi connectivity index (χ1n) is 5.20. The molecule has 74 valence electrons. The van der Waals surface area contributed by atoms with E-state index in [1.807, 2.05) is 6.07 Å².